The summed E-state index contributed by atoms with van der Waals surface area (Å²) in [4.78, 5) is 4.65. The minimum absolute atomic E-state index is 0.371. The molecule has 0 bridgehead atoms. The van der Waals surface area contributed by atoms with E-state index in [-0.39, 0.29) is 0 Å². The van der Waals surface area contributed by atoms with E-state index in [4.69, 9.17) is 0 Å². The van der Waals surface area contributed by atoms with Crippen LogP contribution in [-0.4, -0.2) is 40.9 Å². The highest BCUT2D eigenvalue weighted by Crippen LogP contribution is 2.28. The predicted molar refractivity (Wildman–Crippen MR) is 95.1 cm³/mol. The van der Waals surface area contributed by atoms with Crippen molar-refractivity contribution in [1.29, 1.82) is 5.26 Å². The summed E-state index contributed by atoms with van der Waals surface area (Å²) in [6.45, 7) is 2.92. The summed E-state index contributed by atoms with van der Waals surface area (Å²) in [6.07, 6.45) is 1.24. The molecule has 1 saturated heterocycles. The maximum absolute atomic E-state index is 12.0. The molecule has 0 N–H and O–H groups in total. The van der Waals surface area contributed by atoms with E-state index in [1.165, 1.54) is 6.26 Å². The number of sulfone groups is 1. The van der Waals surface area contributed by atoms with Crippen molar-refractivity contribution in [3.63, 3.8) is 0 Å². The number of benzene rings is 2. The van der Waals surface area contributed by atoms with Crippen LogP contribution in [0.5, 0.6) is 0 Å². The number of piperazine rings is 1. The van der Waals surface area contributed by atoms with Gasteiger partial charge in [0.1, 0.15) is 6.07 Å². The summed E-state index contributed by atoms with van der Waals surface area (Å²) < 4.78 is 24.0. The maximum Gasteiger partial charge on any atom is 0.177 e. The van der Waals surface area contributed by atoms with Crippen LogP contribution in [0.4, 0.5) is 11.4 Å². The van der Waals surface area contributed by atoms with Crippen molar-refractivity contribution in [3.8, 4) is 6.07 Å². The molecule has 124 valence electrons. The number of hydrogen-bond acceptors (Lipinski definition) is 5. The molecule has 0 amide bonds. The highest BCUT2D eigenvalue weighted by molar-refractivity contribution is 7.90. The number of anilines is 2. The zero-order valence-corrected chi connectivity index (χ0v) is 14.3. The Bertz CT molecular complexity index is 879. The zero-order valence-electron chi connectivity index (χ0n) is 13.5. The van der Waals surface area contributed by atoms with Crippen molar-refractivity contribution in [1.82, 2.24) is 0 Å². The molecule has 0 aromatic heterocycles. The van der Waals surface area contributed by atoms with Gasteiger partial charge in [-0.25, -0.2) is 8.42 Å². The Labute approximate surface area is 142 Å². The molecular formula is C18H19N3O2S. The largest absolute Gasteiger partial charge is 0.367 e. The number of para-hydroxylation sites is 2. The standard InChI is InChI=1S/C18H19N3O2S/c1-24(22,23)18-9-5-4-8-17(18)21-12-10-20(11-13-21)16-7-3-2-6-15(16)14-19/h2-9H,10-13H2,1H3. The molecular weight excluding hydrogens is 322 g/mol. The van der Waals surface area contributed by atoms with Gasteiger partial charge in [0.25, 0.3) is 0 Å². The first-order valence-electron chi connectivity index (χ1n) is 7.79. The Morgan fingerprint density at radius 2 is 1.38 bits per heavy atom. The molecule has 1 aliphatic heterocycles. The van der Waals surface area contributed by atoms with Crippen LogP contribution in [0.3, 0.4) is 0 Å². The van der Waals surface area contributed by atoms with E-state index < -0.39 is 9.84 Å². The van der Waals surface area contributed by atoms with Crippen molar-refractivity contribution in [2.24, 2.45) is 0 Å². The molecule has 2 aromatic carbocycles. The third kappa shape index (κ3) is 3.22. The second-order valence-corrected chi connectivity index (χ2v) is 7.83. The molecule has 0 atom stereocenters. The Morgan fingerprint density at radius 3 is 1.96 bits per heavy atom. The number of nitrogens with zero attached hydrogens (tertiary/aromatic N) is 3. The molecule has 2 aromatic rings. The lowest BCUT2D eigenvalue weighted by Crippen LogP contribution is -2.47. The summed E-state index contributed by atoms with van der Waals surface area (Å²) >= 11 is 0. The van der Waals surface area contributed by atoms with Gasteiger partial charge in [0.15, 0.2) is 9.84 Å². The quantitative estimate of drug-likeness (QED) is 0.857. The van der Waals surface area contributed by atoms with Gasteiger partial charge in [-0.15, -0.1) is 0 Å². The third-order valence-corrected chi connectivity index (χ3v) is 5.39. The second kappa shape index (κ2) is 6.54. The summed E-state index contributed by atoms with van der Waals surface area (Å²) in [5.41, 5.74) is 2.37. The van der Waals surface area contributed by atoms with Gasteiger partial charge >= 0.3 is 0 Å². The van der Waals surface area contributed by atoms with Crippen LogP contribution in [-0.2, 0) is 9.84 Å². The van der Waals surface area contributed by atoms with E-state index in [1.807, 2.05) is 36.4 Å². The first-order valence-corrected chi connectivity index (χ1v) is 9.68. The van der Waals surface area contributed by atoms with E-state index in [9.17, 15) is 13.7 Å². The number of hydrogen-bond donors (Lipinski definition) is 0. The third-order valence-electron chi connectivity index (χ3n) is 4.25. The highest BCUT2D eigenvalue weighted by atomic mass is 32.2. The topological polar surface area (TPSA) is 64.4 Å². The molecule has 0 aliphatic carbocycles. The van der Waals surface area contributed by atoms with Crippen LogP contribution >= 0.6 is 0 Å². The fourth-order valence-corrected chi connectivity index (χ4v) is 3.97. The second-order valence-electron chi connectivity index (χ2n) is 5.84. The molecule has 5 nitrogen and oxygen atoms in total. The van der Waals surface area contributed by atoms with Gasteiger partial charge in [0, 0.05) is 32.4 Å². The highest BCUT2D eigenvalue weighted by Gasteiger charge is 2.23. The van der Waals surface area contributed by atoms with Crippen molar-refractivity contribution < 1.29 is 8.42 Å². The maximum atomic E-state index is 12.0. The number of rotatable bonds is 3. The van der Waals surface area contributed by atoms with E-state index in [2.05, 4.69) is 15.9 Å². The Morgan fingerprint density at radius 1 is 0.875 bits per heavy atom. The van der Waals surface area contributed by atoms with Crippen molar-refractivity contribution in [2.75, 3.05) is 42.2 Å². The van der Waals surface area contributed by atoms with E-state index in [0.717, 1.165) is 24.5 Å². The van der Waals surface area contributed by atoms with E-state index in [0.29, 0.717) is 23.5 Å². The molecule has 0 saturated carbocycles. The van der Waals surface area contributed by atoms with Crippen LogP contribution in [0.2, 0.25) is 0 Å². The van der Waals surface area contributed by atoms with Crippen LogP contribution in [0.15, 0.2) is 53.4 Å². The normalized spacial score (nSPS) is 15.2. The Hall–Kier alpha value is -2.52. The minimum Gasteiger partial charge on any atom is -0.367 e. The average molecular weight is 341 g/mol. The van der Waals surface area contributed by atoms with Crippen LogP contribution < -0.4 is 9.80 Å². The molecule has 0 unspecified atom stereocenters. The van der Waals surface area contributed by atoms with Crippen molar-refractivity contribution in [3.05, 3.63) is 54.1 Å². The van der Waals surface area contributed by atoms with Gasteiger partial charge < -0.3 is 9.80 Å². The SMILES string of the molecule is CS(=O)(=O)c1ccccc1N1CCN(c2ccccc2C#N)CC1. The molecule has 0 radical (unpaired) electrons. The molecule has 3 rings (SSSR count). The first kappa shape index (κ1) is 16.3. The minimum atomic E-state index is -3.26. The van der Waals surface area contributed by atoms with E-state index >= 15 is 0 Å². The smallest absolute Gasteiger partial charge is 0.177 e. The first-order chi connectivity index (χ1) is 11.5. The number of nitriles is 1. The van der Waals surface area contributed by atoms with Gasteiger partial charge in [0.2, 0.25) is 0 Å². The monoisotopic (exact) mass is 341 g/mol. The average Bonchev–Trinajstić information content (AvgIpc) is 2.61. The lowest BCUT2D eigenvalue weighted by molar-refractivity contribution is 0.599. The van der Waals surface area contributed by atoms with Gasteiger partial charge in [-0.1, -0.05) is 24.3 Å². The molecule has 1 fully saturated rings. The fraction of sp³-hybridized carbons (Fsp3) is 0.278. The molecule has 0 spiro atoms. The predicted octanol–water partition coefficient (Wildman–Crippen LogP) is 2.29. The van der Waals surface area contributed by atoms with Gasteiger partial charge in [-0.05, 0) is 24.3 Å². The molecule has 6 heteroatoms. The zero-order chi connectivity index (χ0) is 17.2. The van der Waals surface area contributed by atoms with Gasteiger partial charge in [0.05, 0.1) is 21.8 Å². The van der Waals surface area contributed by atoms with Crippen LogP contribution in [0.1, 0.15) is 5.56 Å². The summed E-state index contributed by atoms with van der Waals surface area (Å²) in [5.74, 6) is 0. The van der Waals surface area contributed by atoms with Crippen molar-refractivity contribution >= 4 is 21.2 Å². The summed E-state index contributed by atoms with van der Waals surface area (Å²) in [7, 11) is -3.26. The Kier molecular flexibility index (Phi) is 4.45. The summed E-state index contributed by atoms with van der Waals surface area (Å²) in [6, 6.07) is 16.9. The summed E-state index contributed by atoms with van der Waals surface area (Å²) in [5, 5.41) is 9.25. The molecule has 24 heavy (non-hydrogen) atoms. The van der Waals surface area contributed by atoms with Crippen LogP contribution in [0, 0.1) is 11.3 Å². The van der Waals surface area contributed by atoms with E-state index in [1.54, 1.807) is 12.1 Å². The van der Waals surface area contributed by atoms with Crippen molar-refractivity contribution in [2.45, 2.75) is 4.90 Å². The lowest BCUT2D eigenvalue weighted by atomic mass is 10.1. The fourth-order valence-electron chi connectivity index (χ4n) is 3.06. The molecule has 1 aliphatic rings. The van der Waals surface area contributed by atoms with Crippen LogP contribution in [0.25, 0.3) is 0 Å². The lowest BCUT2D eigenvalue weighted by Gasteiger charge is -2.38. The van der Waals surface area contributed by atoms with Gasteiger partial charge in [-0.3, -0.25) is 0 Å². The Balaban J connectivity index is 1.81. The van der Waals surface area contributed by atoms with Gasteiger partial charge in [-0.2, -0.15) is 5.26 Å². The molecule has 1 heterocycles.